The smallest absolute Gasteiger partial charge is 0.0735 e. The molecule has 0 aromatic rings. The second-order valence-corrected chi connectivity index (χ2v) is 5.80. The molecule has 3 unspecified atom stereocenters. The first-order valence-electron chi connectivity index (χ1n) is 6.55. The fraction of sp³-hybridized carbons (Fsp3) is 1.00. The molecule has 2 heterocycles. The molecule has 0 aromatic heterocycles. The molecule has 0 aromatic carbocycles. The Kier molecular flexibility index (Phi) is 2.36. The lowest BCUT2D eigenvalue weighted by molar-refractivity contribution is -0.00961. The van der Waals surface area contributed by atoms with Gasteiger partial charge < -0.3 is 14.6 Å². The molecule has 2 saturated heterocycles. The van der Waals surface area contributed by atoms with Gasteiger partial charge in [0.2, 0.25) is 0 Å². The fourth-order valence-electron chi connectivity index (χ4n) is 4.10. The van der Waals surface area contributed by atoms with Crippen molar-refractivity contribution in [3.8, 4) is 0 Å². The largest absolute Gasteiger partial charge is 0.389 e. The first kappa shape index (κ1) is 11.0. The minimum absolute atomic E-state index is 0.280. The molecule has 3 aliphatic rings. The van der Waals surface area contributed by atoms with Gasteiger partial charge in [-0.05, 0) is 26.2 Å². The van der Waals surface area contributed by atoms with Crippen LogP contribution in [0.1, 0.15) is 27.2 Å². The van der Waals surface area contributed by atoms with Crippen molar-refractivity contribution in [3.63, 3.8) is 0 Å². The molecule has 0 bridgehead atoms. The maximum atomic E-state index is 10.5. The lowest BCUT2D eigenvalue weighted by Gasteiger charge is -2.26. The van der Waals surface area contributed by atoms with Crippen LogP contribution in [0, 0.1) is 23.7 Å². The maximum Gasteiger partial charge on any atom is 0.0735 e. The molecule has 0 radical (unpaired) electrons. The summed E-state index contributed by atoms with van der Waals surface area (Å²) in [5, 5.41) is 10.5. The van der Waals surface area contributed by atoms with Gasteiger partial charge in [-0.1, -0.05) is 6.92 Å². The first-order valence-corrected chi connectivity index (χ1v) is 6.55. The third-order valence-corrected chi connectivity index (χ3v) is 5.25. The lowest BCUT2D eigenvalue weighted by Crippen LogP contribution is -2.32. The Balaban J connectivity index is 1.89. The zero-order chi connectivity index (χ0) is 11.5. The first-order chi connectivity index (χ1) is 7.59. The highest BCUT2D eigenvalue weighted by atomic mass is 16.5. The van der Waals surface area contributed by atoms with E-state index in [-0.39, 0.29) is 12.2 Å². The molecule has 92 valence electrons. The van der Waals surface area contributed by atoms with Crippen LogP contribution in [0.25, 0.3) is 0 Å². The van der Waals surface area contributed by atoms with Gasteiger partial charge >= 0.3 is 0 Å². The summed E-state index contributed by atoms with van der Waals surface area (Å²) in [6.45, 7) is 7.91. The van der Waals surface area contributed by atoms with Crippen LogP contribution in [-0.2, 0) is 9.47 Å². The Morgan fingerprint density at radius 3 is 2.56 bits per heavy atom. The van der Waals surface area contributed by atoms with E-state index in [9.17, 15) is 5.11 Å². The minimum Gasteiger partial charge on any atom is -0.389 e. The molecule has 3 nitrogen and oxygen atoms in total. The Bertz CT molecular complexity index is 293. The minimum atomic E-state index is -0.467. The molecule has 3 rings (SSSR count). The van der Waals surface area contributed by atoms with E-state index >= 15 is 0 Å². The zero-order valence-corrected chi connectivity index (χ0v) is 10.3. The van der Waals surface area contributed by atoms with Gasteiger partial charge in [0.05, 0.1) is 31.0 Å². The van der Waals surface area contributed by atoms with E-state index in [0.29, 0.717) is 23.7 Å². The summed E-state index contributed by atoms with van der Waals surface area (Å²) >= 11 is 0. The molecule has 7 atom stereocenters. The number of aliphatic hydroxyl groups is 1. The average Bonchev–Trinajstić information content (AvgIpc) is 2.73. The van der Waals surface area contributed by atoms with E-state index < -0.39 is 5.60 Å². The van der Waals surface area contributed by atoms with Gasteiger partial charge in [-0.15, -0.1) is 0 Å². The van der Waals surface area contributed by atoms with Crippen LogP contribution in [0.15, 0.2) is 0 Å². The molecule has 0 spiro atoms. The highest BCUT2D eigenvalue weighted by Gasteiger charge is 2.69. The van der Waals surface area contributed by atoms with Gasteiger partial charge in [0, 0.05) is 17.8 Å². The molecule has 1 saturated carbocycles. The average molecular weight is 226 g/mol. The number of fused-ring (bicyclic) bond motifs is 3. The third kappa shape index (κ3) is 1.25. The summed E-state index contributed by atoms with van der Waals surface area (Å²) in [5.41, 5.74) is -0.467. The predicted octanol–water partition coefficient (Wildman–Crippen LogP) is 1.44. The van der Waals surface area contributed by atoms with Crippen molar-refractivity contribution in [2.75, 3.05) is 13.2 Å². The van der Waals surface area contributed by atoms with Crippen molar-refractivity contribution in [2.45, 2.75) is 45.0 Å². The van der Waals surface area contributed by atoms with Gasteiger partial charge in [-0.3, -0.25) is 0 Å². The van der Waals surface area contributed by atoms with Crippen LogP contribution in [0.5, 0.6) is 0 Å². The van der Waals surface area contributed by atoms with Crippen LogP contribution in [0.4, 0.5) is 0 Å². The maximum absolute atomic E-state index is 10.5. The van der Waals surface area contributed by atoms with E-state index in [1.165, 1.54) is 0 Å². The summed E-state index contributed by atoms with van der Waals surface area (Å²) < 4.78 is 11.6. The number of hydrogen-bond acceptors (Lipinski definition) is 3. The van der Waals surface area contributed by atoms with Crippen molar-refractivity contribution >= 4 is 0 Å². The second kappa shape index (κ2) is 3.44. The zero-order valence-electron chi connectivity index (χ0n) is 10.3. The van der Waals surface area contributed by atoms with Crippen LogP contribution < -0.4 is 0 Å². The summed E-state index contributed by atoms with van der Waals surface area (Å²) in [7, 11) is 0. The van der Waals surface area contributed by atoms with Crippen molar-refractivity contribution in [1.82, 2.24) is 0 Å². The van der Waals surface area contributed by atoms with Gasteiger partial charge in [-0.25, -0.2) is 0 Å². The Morgan fingerprint density at radius 2 is 1.88 bits per heavy atom. The van der Waals surface area contributed by atoms with Crippen molar-refractivity contribution in [1.29, 1.82) is 0 Å². The van der Waals surface area contributed by atoms with E-state index in [0.717, 1.165) is 19.6 Å². The summed E-state index contributed by atoms with van der Waals surface area (Å²) in [6, 6.07) is 0. The second-order valence-electron chi connectivity index (χ2n) is 5.80. The van der Waals surface area contributed by atoms with Crippen LogP contribution in [-0.4, -0.2) is 36.1 Å². The number of ether oxygens (including phenoxy) is 2. The summed E-state index contributed by atoms with van der Waals surface area (Å²) in [4.78, 5) is 0. The Morgan fingerprint density at radius 1 is 1.19 bits per heavy atom. The third-order valence-electron chi connectivity index (χ3n) is 5.25. The van der Waals surface area contributed by atoms with Crippen molar-refractivity contribution in [3.05, 3.63) is 0 Å². The van der Waals surface area contributed by atoms with E-state index in [1.807, 2.05) is 0 Å². The van der Waals surface area contributed by atoms with E-state index in [4.69, 9.17) is 9.47 Å². The van der Waals surface area contributed by atoms with Crippen LogP contribution in [0.3, 0.4) is 0 Å². The Labute approximate surface area is 97.1 Å². The van der Waals surface area contributed by atoms with Crippen molar-refractivity contribution in [2.24, 2.45) is 23.7 Å². The molecule has 2 aliphatic heterocycles. The van der Waals surface area contributed by atoms with Gasteiger partial charge in [-0.2, -0.15) is 0 Å². The topological polar surface area (TPSA) is 38.7 Å². The van der Waals surface area contributed by atoms with Crippen LogP contribution >= 0.6 is 0 Å². The van der Waals surface area contributed by atoms with E-state index in [2.05, 4.69) is 20.8 Å². The lowest BCUT2D eigenvalue weighted by atomic mass is 9.82. The summed E-state index contributed by atoms with van der Waals surface area (Å²) in [6.07, 6.45) is 1.40. The van der Waals surface area contributed by atoms with Gasteiger partial charge in [0.15, 0.2) is 0 Å². The predicted molar refractivity (Wildman–Crippen MR) is 60.0 cm³/mol. The monoisotopic (exact) mass is 226 g/mol. The Hall–Kier alpha value is -0.120. The summed E-state index contributed by atoms with van der Waals surface area (Å²) in [5.74, 6) is 1.72. The van der Waals surface area contributed by atoms with Crippen molar-refractivity contribution < 1.29 is 14.6 Å². The molecule has 3 fully saturated rings. The van der Waals surface area contributed by atoms with Gasteiger partial charge in [0.25, 0.3) is 0 Å². The van der Waals surface area contributed by atoms with Gasteiger partial charge in [0.1, 0.15) is 0 Å². The quantitative estimate of drug-likeness (QED) is 0.735. The number of hydrogen-bond donors (Lipinski definition) is 1. The highest BCUT2D eigenvalue weighted by Crippen LogP contribution is 2.62. The van der Waals surface area contributed by atoms with E-state index in [1.54, 1.807) is 0 Å². The molecule has 16 heavy (non-hydrogen) atoms. The molecule has 1 aliphatic carbocycles. The normalized spacial score (nSPS) is 60.0. The number of rotatable bonds is 1. The SMILES string of the molecule is CCC1(O)C2CO[C@H](C)[C@@H]3CO[C@H](C)[C@@H]3C21. The molecule has 3 heteroatoms. The standard InChI is InChI=1S/C13H22O3/c1-4-13(14)10-6-16-7(2)9-5-15-8(3)11(9)12(10)13/h7-12,14H,4-6H2,1-3H3/t7-,8-,9+,10?,11+,12?,13?/m1/s1. The highest BCUT2D eigenvalue weighted by molar-refractivity contribution is 5.17. The molecular formula is C13H22O3. The molecular weight excluding hydrogens is 204 g/mol. The molecule has 1 N–H and O–H groups in total. The fourth-order valence-corrected chi connectivity index (χ4v) is 4.10. The van der Waals surface area contributed by atoms with Crippen LogP contribution in [0.2, 0.25) is 0 Å². The molecule has 0 amide bonds.